The predicted octanol–water partition coefficient (Wildman–Crippen LogP) is 4.41. The van der Waals surface area contributed by atoms with Crippen LogP contribution >= 0.6 is 11.8 Å². The summed E-state index contributed by atoms with van der Waals surface area (Å²) in [5.41, 5.74) is 5.23. The van der Waals surface area contributed by atoms with Crippen LogP contribution in [0.15, 0.2) is 46.5 Å². The van der Waals surface area contributed by atoms with E-state index in [-0.39, 0.29) is 0 Å². The molecule has 1 aromatic heterocycles. The van der Waals surface area contributed by atoms with E-state index in [4.69, 9.17) is 5.73 Å². The van der Waals surface area contributed by atoms with E-state index in [0.717, 1.165) is 24.0 Å². The van der Waals surface area contributed by atoms with Crippen molar-refractivity contribution in [1.82, 2.24) is 4.98 Å². The van der Waals surface area contributed by atoms with Crippen LogP contribution in [0.2, 0.25) is 0 Å². The van der Waals surface area contributed by atoms with Crippen molar-refractivity contribution in [3.05, 3.63) is 53.5 Å². The molecule has 0 radical (unpaired) electrons. The van der Waals surface area contributed by atoms with Crippen LogP contribution in [0.1, 0.15) is 24.1 Å². The molecule has 0 aliphatic carbocycles. The fourth-order valence-corrected chi connectivity index (χ4v) is 2.78. The summed E-state index contributed by atoms with van der Waals surface area (Å²) in [6.07, 6.45) is -3.67. The number of aromatic nitrogens is 1. The maximum absolute atomic E-state index is 13.8. The van der Waals surface area contributed by atoms with Gasteiger partial charge in [0.25, 0.3) is 0 Å². The van der Waals surface area contributed by atoms with Crippen LogP contribution in [0.5, 0.6) is 0 Å². The molecule has 112 valence electrons. The molecule has 0 aliphatic rings. The number of pyridine rings is 1. The van der Waals surface area contributed by atoms with Gasteiger partial charge >= 0.3 is 6.18 Å². The highest BCUT2D eigenvalue weighted by Gasteiger charge is 2.30. The molecule has 0 amide bonds. The first-order chi connectivity index (χ1) is 9.79. The van der Waals surface area contributed by atoms with Crippen molar-refractivity contribution >= 4 is 11.8 Å². The molecule has 0 saturated heterocycles. The van der Waals surface area contributed by atoms with Gasteiger partial charge in [-0.15, -0.1) is 0 Å². The predicted molar refractivity (Wildman–Crippen MR) is 72.4 cm³/mol. The molecule has 7 heteroatoms. The lowest BCUT2D eigenvalue weighted by Gasteiger charge is -2.13. The number of halogens is 4. The summed E-state index contributed by atoms with van der Waals surface area (Å²) in [4.78, 5) is 4.29. The van der Waals surface area contributed by atoms with Crippen molar-refractivity contribution in [2.45, 2.75) is 29.1 Å². The highest BCUT2D eigenvalue weighted by Crippen LogP contribution is 2.34. The first kappa shape index (κ1) is 15.8. The summed E-state index contributed by atoms with van der Waals surface area (Å²) in [7, 11) is 0. The molecule has 1 unspecified atom stereocenters. The van der Waals surface area contributed by atoms with E-state index in [0.29, 0.717) is 15.5 Å². The second-order valence-corrected chi connectivity index (χ2v) is 5.49. The molecule has 1 aromatic carbocycles. The topological polar surface area (TPSA) is 38.9 Å². The van der Waals surface area contributed by atoms with Crippen LogP contribution in [0.25, 0.3) is 0 Å². The summed E-state index contributed by atoms with van der Waals surface area (Å²) >= 11 is 1.08. The standard InChI is InChI=1S/C14H12F4N2S/c1-8(19)13-10(15)3-2-4-11(13)21-12-6-5-9(7-20-12)14(16,17)18/h2-8H,19H2,1H3. The normalized spacial score (nSPS) is 13.2. The van der Waals surface area contributed by atoms with E-state index in [1.165, 1.54) is 18.2 Å². The zero-order valence-electron chi connectivity index (χ0n) is 11.0. The largest absolute Gasteiger partial charge is 0.417 e. The first-order valence-corrected chi connectivity index (χ1v) is 6.86. The Kier molecular flexibility index (Phi) is 4.53. The smallest absolute Gasteiger partial charge is 0.324 e. The van der Waals surface area contributed by atoms with Gasteiger partial charge in [0.15, 0.2) is 0 Å². The van der Waals surface area contributed by atoms with Gasteiger partial charge < -0.3 is 5.73 Å². The average Bonchev–Trinajstić information content (AvgIpc) is 2.38. The lowest BCUT2D eigenvalue weighted by atomic mass is 10.1. The lowest BCUT2D eigenvalue weighted by Crippen LogP contribution is -2.09. The third-order valence-electron chi connectivity index (χ3n) is 2.75. The van der Waals surface area contributed by atoms with E-state index in [1.807, 2.05) is 0 Å². The van der Waals surface area contributed by atoms with Crippen molar-refractivity contribution in [1.29, 1.82) is 0 Å². The Morgan fingerprint density at radius 1 is 1.19 bits per heavy atom. The van der Waals surface area contributed by atoms with Crippen molar-refractivity contribution in [2.24, 2.45) is 5.73 Å². The van der Waals surface area contributed by atoms with Crippen molar-refractivity contribution in [3.8, 4) is 0 Å². The minimum Gasteiger partial charge on any atom is -0.324 e. The minimum atomic E-state index is -4.42. The molecule has 2 N–H and O–H groups in total. The summed E-state index contributed by atoms with van der Waals surface area (Å²) in [5.74, 6) is -0.443. The van der Waals surface area contributed by atoms with E-state index in [9.17, 15) is 17.6 Å². The summed E-state index contributed by atoms with van der Waals surface area (Å²) in [6, 6.07) is 6.15. The number of benzene rings is 1. The molecule has 0 fully saturated rings. The van der Waals surface area contributed by atoms with E-state index < -0.39 is 23.6 Å². The van der Waals surface area contributed by atoms with Gasteiger partial charge in [-0.2, -0.15) is 13.2 Å². The second kappa shape index (κ2) is 6.03. The Balaban J connectivity index is 2.29. The zero-order valence-corrected chi connectivity index (χ0v) is 11.8. The molecule has 2 rings (SSSR count). The van der Waals surface area contributed by atoms with Crippen molar-refractivity contribution < 1.29 is 17.6 Å². The van der Waals surface area contributed by atoms with E-state index in [1.54, 1.807) is 13.0 Å². The lowest BCUT2D eigenvalue weighted by molar-refractivity contribution is -0.137. The van der Waals surface area contributed by atoms with Gasteiger partial charge in [-0.05, 0) is 31.2 Å². The van der Waals surface area contributed by atoms with Crippen LogP contribution in [0.4, 0.5) is 17.6 Å². The zero-order chi connectivity index (χ0) is 15.6. The number of rotatable bonds is 3. The minimum absolute atomic E-state index is 0.323. The molecule has 1 heterocycles. The van der Waals surface area contributed by atoms with Crippen LogP contribution in [-0.4, -0.2) is 4.98 Å². The molecule has 21 heavy (non-hydrogen) atoms. The quantitative estimate of drug-likeness (QED) is 0.853. The maximum atomic E-state index is 13.8. The first-order valence-electron chi connectivity index (χ1n) is 6.04. The molecule has 2 aromatic rings. The number of alkyl halides is 3. The van der Waals surface area contributed by atoms with Crippen LogP contribution < -0.4 is 5.73 Å². The maximum Gasteiger partial charge on any atom is 0.417 e. The molecule has 2 nitrogen and oxygen atoms in total. The van der Waals surface area contributed by atoms with E-state index >= 15 is 0 Å². The second-order valence-electron chi connectivity index (χ2n) is 4.43. The van der Waals surface area contributed by atoms with Crippen molar-refractivity contribution in [2.75, 3.05) is 0 Å². The van der Waals surface area contributed by atoms with Gasteiger partial charge in [-0.25, -0.2) is 9.37 Å². The Morgan fingerprint density at radius 2 is 1.90 bits per heavy atom. The molecular weight excluding hydrogens is 304 g/mol. The highest BCUT2D eigenvalue weighted by atomic mass is 32.2. The average molecular weight is 316 g/mol. The van der Waals surface area contributed by atoms with Gasteiger partial charge in [0.2, 0.25) is 0 Å². The van der Waals surface area contributed by atoms with Gasteiger partial charge in [0.1, 0.15) is 10.8 Å². The monoisotopic (exact) mass is 316 g/mol. The van der Waals surface area contributed by atoms with Gasteiger partial charge in [-0.3, -0.25) is 0 Å². The molecule has 0 saturated carbocycles. The third-order valence-corrected chi connectivity index (χ3v) is 3.77. The molecule has 0 bridgehead atoms. The van der Waals surface area contributed by atoms with E-state index in [2.05, 4.69) is 4.98 Å². The number of nitrogens with zero attached hydrogens (tertiary/aromatic N) is 1. The Morgan fingerprint density at radius 3 is 2.43 bits per heavy atom. The highest BCUT2D eigenvalue weighted by molar-refractivity contribution is 7.99. The Hall–Kier alpha value is -1.60. The molecule has 0 aliphatic heterocycles. The van der Waals surface area contributed by atoms with Crippen LogP contribution in [0.3, 0.4) is 0 Å². The SMILES string of the molecule is CC(N)c1c(F)cccc1Sc1ccc(C(F)(F)F)cn1. The summed E-state index contributed by atoms with van der Waals surface area (Å²) in [6.45, 7) is 1.64. The fourth-order valence-electron chi connectivity index (χ4n) is 1.77. The number of hydrogen-bond acceptors (Lipinski definition) is 3. The number of nitrogens with two attached hydrogens (primary N) is 1. The third kappa shape index (κ3) is 3.74. The van der Waals surface area contributed by atoms with Crippen molar-refractivity contribution in [3.63, 3.8) is 0 Å². The summed E-state index contributed by atoms with van der Waals surface area (Å²) in [5, 5.41) is 0.343. The number of hydrogen-bond donors (Lipinski definition) is 1. The van der Waals surface area contributed by atoms with Crippen LogP contribution in [0, 0.1) is 5.82 Å². The fraction of sp³-hybridized carbons (Fsp3) is 0.214. The Labute approximate surface area is 123 Å². The molecule has 0 spiro atoms. The van der Waals surface area contributed by atoms with Gasteiger partial charge in [-0.1, -0.05) is 17.8 Å². The van der Waals surface area contributed by atoms with Gasteiger partial charge in [0, 0.05) is 22.7 Å². The Bertz CT molecular complexity index is 624. The molecule has 1 atom stereocenters. The van der Waals surface area contributed by atoms with Gasteiger partial charge in [0.05, 0.1) is 5.56 Å². The molecular formula is C14H12F4N2S. The van der Waals surface area contributed by atoms with Crippen LogP contribution in [-0.2, 0) is 6.18 Å². The summed E-state index contributed by atoms with van der Waals surface area (Å²) < 4.78 is 51.1.